The van der Waals surface area contributed by atoms with Crippen molar-refractivity contribution >= 4 is 5.71 Å². The molecule has 0 bridgehead atoms. The fourth-order valence-corrected chi connectivity index (χ4v) is 1.44. The Bertz CT molecular complexity index is 366. The molecule has 0 saturated heterocycles. The first-order valence-electron chi connectivity index (χ1n) is 4.38. The largest absolute Gasteiger partial charge is 0.497 e. The standard InChI is InChI=1S/C11H13NO/c1-11(2)10(12-11)8-5-4-6-9(7-8)13-3/h4-7H,1-3H3. The molecule has 0 N–H and O–H groups in total. The van der Waals surface area contributed by atoms with Crippen LogP contribution in [0.3, 0.4) is 0 Å². The van der Waals surface area contributed by atoms with E-state index in [4.69, 9.17) is 4.74 Å². The van der Waals surface area contributed by atoms with E-state index in [0.29, 0.717) is 0 Å². The lowest BCUT2D eigenvalue weighted by Gasteiger charge is -2.02. The van der Waals surface area contributed by atoms with Gasteiger partial charge in [-0.1, -0.05) is 12.1 Å². The minimum absolute atomic E-state index is 0.0480. The highest BCUT2D eigenvalue weighted by Gasteiger charge is 2.37. The lowest BCUT2D eigenvalue weighted by molar-refractivity contribution is 0.414. The molecule has 0 aromatic heterocycles. The van der Waals surface area contributed by atoms with E-state index in [2.05, 4.69) is 24.9 Å². The summed E-state index contributed by atoms with van der Waals surface area (Å²) in [4.78, 5) is 4.39. The van der Waals surface area contributed by atoms with Crippen molar-refractivity contribution in [1.29, 1.82) is 0 Å². The maximum absolute atomic E-state index is 5.15. The van der Waals surface area contributed by atoms with Gasteiger partial charge < -0.3 is 4.74 Å². The van der Waals surface area contributed by atoms with Crippen molar-refractivity contribution in [3.8, 4) is 5.75 Å². The van der Waals surface area contributed by atoms with Gasteiger partial charge in [-0.05, 0) is 26.0 Å². The topological polar surface area (TPSA) is 21.6 Å². The van der Waals surface area contributed by atoms with Crippen molar-refractivity contribution in [2.75, 3.05) is 7.11 Å². The zero-order valence-corrected chi connectivity index (χ0v) is 8.16. The zero-order valence-electron chi connectivity index (χ0n) is 8.16. The van der Waals surface area contributed by atoms with Crippen LogP contribution in [0.1, 0.15) is 19.4 Å². The predicted octanol–water partition coefficient (Wildman–Crippen LogP) is 2.28. The summed E-state index contributed by atoms with van der Waals surface area (Å²) in [6.07, 6.45) is 0. The third kappa shape index (κ3) is 1.44. The van der Waals surface area contributed by atoms with Crippen molar-refractivity contribution in [3.05, 3.63) is 29.8 Å². The summed E-state index contributed by atoms with van der Waals surface area (Å²) in [5.74, 6) is 0.892. The van der Waals surface area contributed by atoms with E-state index >= 15 is 0 Å². The van der Waals surface area contributed by atoms with E-state index in [9.17, 15) is 0 Å². The van der Waals surface area contributed by atoms with Crippen molar-refractivity contribution in [2.45, 2.75) is 19.4 Å². The Balaban J connectivity index is 2.28. The van der Waals surface area contributed by atoms with Crippen LogP contribution in [0.4, 0.5) is 0 Å². The quantitative estimate of drug-likeness (QED) is 0.675. The van der Waals surface area contributed by atoms with Crippen molar-refractivity contribution < 1.29 is 4.74 Å². The molecule has 1 aromatic carbocycles. The molecule has 0 aliphatic carbocycles. The summed E-state index contributed by atoms with van der Waals surface area (Å²) >= 11 is 0. The molecule has 1 aliphatic heterocycles. The van der Waals surface area contributed by atoms with Gasteiger partial charge in [0.2, 0.25) is 0 Å². The van der Waals surface area contributed by atoms with Crippen molar-refractivity contribution in [1.82, 2.24) is 0 Å². The molecule has 0 unspecified atom stereocenters. The Morgan fingerprint density at radius 3 is 2.54 bits per heavy atom. The number of aliphatic imine (C=N–C) groups is 1. The molecule has 2 nitrogen and oxygen atoms in total. The van der Waals surface area contributed by atoms with Gasteiger partial charge in [0.05, 0.1) is 18.4 Å². The first kappa shape index (κ1) is 8.30. The number of nitrogens with zero attached hydrogens (tertiary/aromatic N) is 1. The Labute approximate surface area is 78.3 Å². The van der Waals surface area contributed by atoms with Crippen molar-refractivity contribution in [2.24, 2.45) is 4.99 Å². The molecule has 68 valence electrons. The van der Waals surface area contributed by atoms with E-state index in [1.165, 1.54) is 11.3 Å². The average Bonchev–Trinajstić information content (AvgIpc) is 2.76. The van der Waals surface area contributed by atoms with Gasteiger partial charge in [0.25, 0.3) is 0 Å². The number of hydrogen-bond donors (Lipinski definition) is 0. The van der Waals surface area contributed by atoms with Crippen LogP contribution >= 0.6 is 0 Å². The highest BCUT2D eigenvalue weighted by molar-refractivity contribution is 6.16. The second kappa shape index (κ2) is 2.59. The molecular weight excluding hydrogens is 162 g/mol. The Hall–Kier alpha value is -1.31. The molecular formula is C11H13NO. The van der Waals surface area contributed by atoms with Crippen LogP contribution in [0.2, 0.25) is 0 Å². The molecule has 0 atom stereocenters. The number of ether oxygens (including phenoxy) is 1. The average molecular weight is 175 g/mol. The number of methoxy groups -OCH3 is 1. The number of benzene rings is 1. The zero-order chi connectivity index (χ0) is 9.47. The SMILES string of the molecule is COc1cccc(C2=NC2(C)C)c1. The molecule has 1 aromatic rings. The molecule has 0 radical (unpaired) electrons. The fourth-order valence-electron chi connectivity index (χ4n) is 1.44. The molecule has 0 amide bonds. The summed E-state index contributed by atoms with van der Waals surface area (Å²) < 4.78 is 5.15. The Kier molecular flexibility index (Phi) is 1.65. The summed E-state index contributed by atoms with van der Waals surface area (Å²) in [6, 6.07) is 8.02. The maximum atomic E-state index is 5.15. The van der Waals surface area contributed by atoms with Gasteiger partial charge in [0.1, 0.15) is 5.75 Å². The minimum Gasteiger partial charge on any atom is -0.497 e. The first-order valence-corrected chi connectivity index (χ1v) is 4.38. The van der Waals surface area contributed by atoms with Crippen LogP contribution in [0.5, 0.6) is 5.75 Å². The maximum Gasteiger partial charge on any atom is 0.119 e. The predicted molar refractivity (Wildman–Crippen MR) is 53.6 cm³/mol. The van der Waals surface area contributed by atoms with Crippen LogP contribution in [-0.2, 0) is 0 Å². The minimum atomic E-state index is 0.0480. The van der Waals surface area contributed by atoms with E-state index in [0.717, 1.165) is 5.75 Å². The summed E-state index contributed by atoms with van der Waals surface area (Å²) in [7, 11) is 1.68. The molecule has 2 rings (SSSR count). The summed E-state index contributed by atoms with van der Waals surface area (Å²) in [6.45, 7) is 4.23. The van der Waals surface area contributed by atoms with Gasteiger partial charge in [0.15, 0.2) is 0 Å². The summed E-state index contributed by atoms with van der Waals surface area (Å²) in [5, 5.41) is 0. The van der Waals surface area contributed by atoms with Gasteiger partial charge in [-0.3, -0.25) is 4.99 Å². The van der Waals surface area contributed by atoms with Gasteiger partial charge in [-0.25, -0.2) is 0 Å². The van der Waals surface area contributed by atoms with Gasteiger partial charge >= 0.3 is 0 Å². The normalized spacial score (nSPS) is 17.9. The van der Waals surface area contributed by atoms with Gasteiger partial charge in [-0.2, -0.15) is 0 Å². The lowest BCUT2D eigenvalue weighted by Crippen LogP contribution is -2.08. The molecule has 0 saturated carbocycles. The Morgan fingerprint density at radius 1 is 1.31 bits per heavy atom. The second-order valence-electron chi connectivity index (χ2n) is 3.75. The van der Waals surface area contributed by atoms with Crippen LogP contribution in [0, 0.1) is 0 Å². The van der Waals surface area contributed by atoms with Crippen LogP contribution in [0.25, 0.3) is 0 Å². The molecule has 2 heteroatoms. The van der Waals surface area contributed by atoms with E-state index < -0.39 is 0 Å². The third-order valence-electron chi connectivity index (χ3n) is 2.26. The highest BCUT2D eigenvalue weighted by atomic mass is 16.5. The third-order valence-corrected chi connectivity index (χ3v) is 2.26. The van der Waals surface area contributed by atoms with E-state index in [-0.39, 0.29) is 5.54 Å². The smallest absolute Gasteiger partial charge is 0.119 e. The molecule has 0 spiro atoms. The van der Waals surface area contributed by atoms with E-state index in [1.54, 1.807) is 7.11 Å². The monoisotopic (exact) mass is 175 g/mol. The summed E-state index contributed by atoms with van der Waals surface area (Å²) in [5.41, 5.74) is 2.39. The molecule has 0 fully saturated rings. The fraction of sp³-hybridized carbons (Fsp3) is 0.364. The molecule has 1 heterocycles. The van der Waals surface area contributed by atoms with Crippen LogP contribution in [0.15, 0.2) is 29.3 Å². The number of hydrogen-bond acceptors (Lipinski definition) is 2. The first-order chi connectivity index (χ1) is 6.13. The number of rotatable bonds is 2. The highest BCUT2D eigenvalue weighted by Crippen LogP contribution is 2.32. The van der Waals surface area contributed by atoms with E-state index in [1.807, 2.05) is 18.2 Å². The van der Waals surface area contributed by atoms with Crippen LogP contribution in [-0.4, -0.2) is 18.4 Å². The van der Waals surface area contributed by atoms with Gasteiger partial charge in [0, 0.05) is 5.56 Å². The second-order valence-corrected chi connectivity index (χ2v) is 3.75. The molecule has 13 heavy (non-hydrogen) atoms. The van der Waals surface area contributed by atoms with Crippen molar-refractivity contribution in [3.63, 3.8) is 0 Å². The van der Waals surface area contributed by atoms with Crippen LogP contribution < -0.4 is 4.74 Å². The van der Waals surface area contributed by atoms with Gasteiger partial charge in [-0.15, -0.1) is 0 Å². The lowest BCUT2D eigenvalue weighted by atomic mass is 10.0. The Morgan fingerprint density at radius 2 is 2.00 bits per heavy atom. The molecule has 1 aliphatic rings.